The van der Waals surface area contributed by atoms with Crippen LogP contribution in [0.4, 0.5) is 4.79 Å². The molecule has 0 radical (unpaired) electrons. The molecule has 0 aliphatic carbocycles. The molecule has 6 nitrogen and oxygen atoms in total. The number of likely N-dealkylation sites (N-methyl/N-ethyl adjacent to an activating group) is 1. The zero-order valence-electron chi connectivity index (χ0n) is 16.3. The lowest BCUT2D eigenvalue weighted by atomic mass is 9.98. The van der Waals surface area contributed by atoms with Gasteiger partial charge in [0.2, 0.25) is 0 Å². The van der Waals surface area contributed by atoms with Crippen LogP contribution in [0, 0.1) is 0 Å². The van der Waals surface area contributed by atoms with Gasteiger partial charge >= 0.3 is 6.09 Å². The molecule has 6 heteroatoms. The molecular weight excluding hydrogens is 304 g/mol. The molecule has 2 saturated heterocycles. The Kier molecular flexibility index (Phi) is 6.51. The molecule has 0 aromatic heterocycles. The number of ether oxygens (including phenoxy) is 1. The first-order chi connectivity index (χ1) is 11.1. The van der Waals surface area contributed by atoms with Crippen LogP contribution in [0.15, 0.2) is 0 Å². The molecule has 1 unspecified atom stereocenters. The van der Waals surface area contributed by atoms with Crippen molar-refractivity contribution in [1.29, 1.82) is 0 Å². The lowest BCUT2D eigenvalue weighted by Crippen LogP contribution is -2.61. The molecule has 0 spiro atoms. The molecule has 1 amide bonds. The van der Waals surface area contributed by atoms with E-state index >= 15 is 0 Å². The van der Waals surface area contributed by atoms with E-state index in [1.54, 1.807) is 4.90 Å². The number of hydrogen-bond acceptors (Lipinski definition) is 5. The van der Waals surface area contributed by atoms with Gasteiger partial charge in [-0.15, -0.1) is 0 Å². The average Bonchev–Trinajstić information content (AvgIpc) is 2.37. The highest BCUT2D eigenvalue weighted by Crippen LogP contribution is 2.22. The van der Waals surface area contributed by atoms with Gasteiger partial charge in [0.05, 0.1) is 0 Å². The van der Waals surface area contributed by atoms with Crippen LogP contribution in [0.5, 0.6) is 0 Å². The van der Waals surface area contributed by atoms with E-state index < -0.39 is 5.60 Å². The fraction of sp³-hybridized carbons (Fsp3) is 0.944. The minimum Gasteiger partial charge on any atom is -0.443 e. The summed E-state index contributed by atoms with van der Waals surface area (Å²) in [6.45, 7) is 14.2. The van der Waals surface area contributed by atoms with Crippen molar-refractivity contribution in [2.24, 2.45) is 0 Å². The summed E-state index contributed by atoms with van der Waals surface area (Å²) in [5.74, 6) is 0. The maximum atomic E-state index is 12.2. The largest absolute Gasteiger partial charge is 0.443 e. The number of nitrogens with one attached hydrogen (secondary N) is 2. The summed E-state index contributed by atoms with van der Waals surface area (Å²) in [5, 5.41) is 7.08. The van der Waals surface area contributed by atoms with E-state index in [1.807, 2.05) is 13.8 Å². The smallest absolute Gasteiger partial charge is 0.410 e. The highest BCUT2D eigenvalue weighted by molar-refractivity contribution is 5.69. The lowest BCUT2D eigenvalue weighted by Gasteiger charge is -2.41. The van der Waals surface area contributed by atoms with E-state index in [0.29, 0.717) is 24.2 Å². The topological polar surface area (TPSA) is 56.8 Å². The second-order valence-corrected chi connectivity index (χ2v) is 8.58. The molecular formula is C18H36N4O2. The zero-order chi connectivity index (χ0) is 17.9. The van der Waals surface area contributed by atoms with Crippen molar-refractivity contribution in [3.05, 3.63) is 0 Å². The summed E-state index contributed by atoms with van der Waals surface area (Å²) in [5.41, 5.74) is -0.417. The van der Waals surface area contributed by atoms with Crippen LogP contribution in [0.1, 0.15) is 47.5 Å². The first-order valence-electron chi connectivity index (χ1n) is 9.33. The van der Waals surface area contributed by atoms with Gasteiger partial charge in [-0.2, -0.15) is 0 Å². The Bertz CT molecular complexity index is 415. The van der Waals surface area contributed by atoms with Gasteiger partial charge in [0.1, 0.15) is 5.60 Å². The third-order valence-electron chi connectivity index (χ3n) is 4.84. The monoisotopic (exact) mass is 340 g/mol. The highest BCUT2D eigenvalue weighted by atomic mass is 16.6. The third kappa shape index (κ3) is 5.90. The Morgan fingerprint density at radius 1 is 1.12 bits per heavy atom. The summed E-state index contributed by atoms with van der Waals surface area (Å²) < 4.78 is 5.73. The van der Waals surface area contributed by atoms with Gasteiger partial charge in [0.15, 0.2) is 0 Å². The molecule has 1 atom stereocenters. The molecule has 0 aromatic carbocycles. The van der Waals surface area contributed by atoms with Gasteiger partial charge in [-0.25, -0.2) is 4.79 Å². The van der Waals surface area contributed by atoms with Gasteiger partial charge in [0, 0.05) is 50.3 Å². The van der Waals surface area contributed by atoms with Gasteiger partial charge in [-0.1, -0.05) is 13.8 Å². The summed E-state index contributed by atoms with van der Waals surface area (Å²) in [7, 11) is 2.14. The molecule has 140 valence electrons. The fourth-order valence-corrected chi connectivity index (χ4v) is 3.41. The first-order valence-corrected chi connectivity index (χ1v) is 9.33. The number of hydrogen-bond donors (Lipinski definition) is 2. The molecule has 0 aromatic rings. The Labute approximate surface area is 147 Å². The molecule has 2 fully saturated rings. The van der Waals surface area contributed by atoms with Crippen LogP contribution >= 0.6 is 0 Å². The normalized spacial score (nSPS) is 21.5. The van der Waals surface area contributed by atoms with E-state index in [9.17, 15) is 4.79 Å². The molecule has 2 heterocycles. The van der Waals surface area contributed by atoms with Crippen LogP contribution in [-0.2, 0) is 4.74 Å². The number of nitrogens with zero attached hydrogens (tertiary/aromatic N) is 2. The maximum absolute atomic E-state index is 12.2. The van der Waals surface area contributed by atoms with E-state index in [2.05, 4.69) is 43.4 Å². The van der Waals surface area contributed by atoms with Crippen LogP contribution in [0.3, 0.4) is 0 Å². The zero-order valence-corrected chi connectivity index (χ0v) is 16.3. The van der Waals surface area contributed by atoms with Gasteiger partial charge < -0.3 is 25.2 Å². The molecule has 24 heavy (non-hydrogen) atoms. The van der Waals surface area contributed by atoms with Crippen LogP contribution in [-0.4, -0.2) is 78.9 Å². The van der Waals surface area contributed by atoms with Gasteiger partial charge in [-0.3, -0.25) is 0 Å². The summed E-state index contributed by atoms with van der Waals surface area (Å²) in [4.78, 5) is 16.3. The summed E-state index contributed by atoms with van der Waals surface area (Å²) in [6.07, 6.45) is 1.71. The van der Waals surface area contributed by atoms with Crippen molar-refractivity contribution in [2.45, 2.75) is 77.2 Å². The molecule has 2 aliphatic heterocycles. The number of likely N-dealkylation sites (tertiary alicyclic amines) is 2. The van der Waals surface area contributed by atoms with Crippen LogP contribution in [0.2, 0.25) is 0 Å². The minimum atomic E-state index is -0.417. The fourth-order valence-electron chi connectivity index (χ4n) is 3.41. The average molecular weight is 341 g/mol. The summed E-state index contributed by atoms with van der Waals surface area (Å²) >= 11 is 0. The minimum absolute atomic E-state index is 0.178. The van der Waals surface area contributed by atoms with Gasteiger partial charge in [0.25, 0.3) is 0 Å². The first kappa shape index (κ1) is 19.5. The second-order valence-electron chi connectivity index (χ2n) is 8.58. The highest BCUT2D eigenvalue weighted by Gasteiger charge is 2.35. The van der Waals surface area contributed by atoms with Gasteiger partial charge in [-0.05, 0) is 40.7 Å². The number of carbonyl (C=O) groups is 1. The van der Waals surface area contributed by atoms with Crippen molar-refractivity contribution in [1.82, 2.24) is 20.4 Å². The van der Waals surface area contributed by atoms with E-state index in [4.69, 9.17) is 4.74 Å². The Morgan fingerprint density at radius 2 is 1.71 bits per heavy atom. The Morgan fingerprint density at radius 3 is 2.25 bits per heavy atom. The van der Waals surface area contributed by atoms with E-state index in [1.165, 1.54) is 0 Å². The second kappa shape index (κ2) is 8.02. The third-order valence-corrected chi connectivity index (χ3v) is 4.84. The predicted octanol–water partition coefficient (Wildman–Crippen LogP) is 1.66. The molecule has 0 bridgehead atoms. The number of rotatable bonds is 8. The van der Waals surface area contributed by atoms with Crippen molar-refractivity contribution < 1.29 is 9.53 Å². The Hall–Kier alpha value is -0.850. The SMILES string of the molecule is CC(C)NC1CN(C(=O)OC(C)(C)CCC(C)NC2CN(C)C2)C1. The van der Waals surface area contributed by atoms with Crippen molar-refractivity contribution in [3.8, 4) is 0 Å². The molecule has 0 saturated carbocycles. The van der Waals surface area contributed by atoms with Crippen molar-refractivity contribution >= 4 is 6.09 Å². The maximum Gasteiger partial charge on any atom is 0.410 e. The number of carbonyl (C=O) groups excluding carboxylic acids is 1. The van der Waals surface area contributed by atoms with E-state index in [0.717, 1.165) is 39.0 Å². The van der Waals surface area contributed by atoms with E-state index in [-0.39, 0.29) is 6.09 Å². The van der Waals surface area contributed by atoms with Crippen molar-refractivity contribution in [3.63, 3.8) is 0 Å². The summed E-state index contributed by atoms with van der Waals surface area (Å²) in [6, 6.07) is 1.92. The number of amides is 1. The predicted molar refractivity (Wildman–Crippen MR) is 97.3 cm³/mol. The molecule has 2 aliphatic rings. The lowest BCUT2D eigenvalue weighted by molar-refractivity contribution is -0.0111. The van der Waals surface area contributed by atoms with Crippen LogP contribution in [0.25, 0.3) is 0 Å². The molecule has 2 rings (SSSR count). The molecule has 2 N–H and O–H groups in total. The standard InChI is InChI=1S/C18H36N4O2/c1-13(2)19-16-11-22(12-16)17(23)24-18(4,5)8-7-14(3)20-15-9-21(6)10-15/h13-16,19-20H,7-12H2,1-6H3. The Balaban J connectivity index is 1.62. The van der Waals surface area contributed by atoms with Crippen molar-refractivity contribution in [2.75, 3.05) is 33.2 Å². The van der Waals surface area contributed by atoms with Crippen LogP contribution < -0.4 is 10.6 Å². The quantitative estimate of drug-likeness (QED) is 0.704.